The highest BCUT2D eigenvalue weighted by molar-refractivity contribution is 6.24. The van der Waals surface area contributed by atoms with Crippen LogP contribution in [0.5, 0.6) is 0 Å². The Morgan fingerprint density at radius 1 is 0.388 bits per heavy atom. The molecule has 7 heteroatoms. The summed E-state index contributed by atoms with van der Waals surface area (Å²) in [5.41, 5.74) is 8.77. The zero-order chi connectivity index (χ0) is 48.4. The molecule has 67 heavy (non-hydrogen) atoms. The summed E-state index contributed by atoms with van der Waals surface area (Å²) in [6.45, 7) is 0. The number of hydrogen-bond acceptors (Lipinski definition) is 5. The van der Waals surface area contributed by atoms with Crippen molar-refractivity contribution in [2.24, 2.45) is 0 Å². The monoisotopic (exact) mass is 861 g/mol. The lowest BCUT2D eigenvalue weighted by Crippen LogP contribution is -2.08. The predicted octanol–water partition coefficient (Wildman–Crippen LogP) is 15.2. The molecule has 4 heterocycles. The fourth-order valence-corrected chi connectivity index (χ4v) is 10.1. The van der Waals surface area contributed by atoms with E-state index in [9.17, 15) is 0 Å². The van der Waals surface area contributed by atoms with E-state index in [1.165, 1.54) is 0 Å². The molecular formula is C60H36N6O. The van der Waals surface area contributed by atoms with Gasteiger partial charge in [-0.1, -0.05) is 170 Å². The van der Waals surface area contributed by atoms with Gasteiger partial charge in [-0.05, 0) is 81.2 Å². The number of fused-ring (bicyclic) bond motifs is 10. The van der Waals surface area contributed by atoms with Gasteiger partial charge in [0, 0.05) is 38.4 Å². The SMILES string of the molecule is [2H]c1c([2H])c([2H])c(-c2c3ccccc3c(-c3nc(-c4cccc5nc(-c6ccccc6)oc45)nc(-n4c5ccccc5c5ccc6c7ccccc7n(-c7ccccc7)c6c54)n3)c3ccccc23)c([2H])c1[2H]. The fraction of sp³-hybridized carbons (Fsp3) is 0. The van der Waals surface area contributed by atoms with Crippen LogP contribution >= 0.6 is 0 Å². The molecular weight excluding hydrogens is 821 g/mol. The molecule has 0 atom stereocenters. The normalized spacial score (nSPS) is 12.9. The van der Waals surface area contributed by atoms with Crippen LogP contribution in [0.3, 0.4) is 0 Å². The highest BCUT2D eigenvalue weighted by Crippen LogP contribution is 2.45. The van der Waals surface area contributed by atoms with Crippen molar-refractivity contribution in [1.29, 1.82) is 0 Å². The van der Waals surface area contributed by atoms with Gasteiger partial charge in [0.1, 0.15) is 5.52 Å². The van der Waals surface area contributed by atoms with E-state index in [0.29, 0.717) is 62.1 Å². The van der Waals surface area contributed by atoms with Crippen LogP contribution in [0.2, 0.25) is 0 Å². The van der Waals surface area contributed by atoms with Gasteiger partial charge in [-0.25, -0.2) is 9.97 Å². The Morgan fingerprint density at radius 3 is 1.58 bits per heavy atom. The first-order valence-electron chi connectivity index (χ1n) is 24.6. The average molecular weight is 862 g/mol. The number of para-hydroxylation sites is 4. The van der Waals surface area contributed by atoms with E-state index >= 15 is 0 Å². The Balaban J connectivity index is 1.15. The third-order valence-corrected chi connectivity index (χ3v) is 12.9. The third kappa shape index (κ3) is 5.65. The number of hydrogen-bond donors (Lipinski definition) is 0. The van der Waals surface area contributed by atoms with E-state index in [0.717, 1.165) is 65.6 Å². The molecule has 0 aliphatic carbocycles. The minimum Gasteiger partial charge on any atom is -0.435 e. The number of benzene rings is 10. The van der Waals surface area contributed by atoms with E-state index in [2.05, 4.69) is 88.0 Å². The predicted molar refractivity (Wildman–Crippen MR) is 273 cm³/mol. The molecule has 0 aliphatic heterocycles. The van der Waals surface area contributed by atoms with Crippen LogP contribution in [0.4, 0.5) is 0 Å². The second-order valence-electron chi connectivity index (χ2n) is 16.6. The number of aromatic nitrogens is 6. The third-order valence-electron chi connectivity index (χ3n) is 12.9. The Labute approximate surface area is 390 Å². The highest BCUT2D eigenvalue weighted by Gasteiger charge is 2.26. The summed E-state index contributed by atoms with van der Waals surface area (Å²) in [6, 6.07) is 60.8. The summed E-state index contributed by atoms with van der Waals surface area (Å²) < 4.78 is 55.3. The Bertz CT molecular complexity index is 4500. The van der Waals surface area contributed by atoms with Crippen molar-refractivity contribution < 1.29 is 11.3 Å². The summed E-state index contributed by atoms with van der Waals surface area (Å²) in [7, 11) is 0. The molecule has 0 spiro atoms. The van der Waals surface area contributed by atoms with Crippen LogP contribution in [-0.4, -0.2) is 29.1 Å². The van der Waals surface area contributed by atoms with Gasteiger partial charge in [-0.2, -0.15) is 9.97 Å². The molecule has 4 aromatic heterocycles. The first-order valence-corrected chi connectivity index (χ1v) is 22.1. The molecule has 0 N–H and O–H groups in total. The standard InChI is InChI=1S/C60H36N6O/c1-4-19-37(20-5-1)52-42-27-10-12-29-44(42)53(45-30-13-11-28-43(45)52)58-62-57(48-31-18-32-49-56(48)67-59(61-49)38-21-6-2-7-22-38)63-60(64-58)66-51-34-17-15-26-41(51)47-36-35-46-40-25-14-16-33-50(40)65(54(46)55(47)66)39-23-8-3-9-24-39/h1-36H/i1D,4D,5D,19D,20D. The smallest absolute Gasteiger partial charge is 0.238 e. The van der Waals surface area contributed by atoms with E-state index in [1.54, 1.807) is 0 Å². The molecule has 0 amide bonds. The van der Waals surface area contributed by atoms with Crippen molar-refractivity contribution in [3.63, 3.8) is 0 Å². The lowest BCUT2D eigenvalue weighted by atomic mass is 9.88. The van der Waals surface area contributed by atoms with E-state index in [-0.39, 0.29) is 17.6 Å². The average Bonchev–Trinajstić information content (AvgIpc) is 4.13. The van der Waals surface area contributed by atoms with Crippen LogP contribution < -0.4 is 0 Å². The zero-order valence-corrected chi connectivity index (χ0v) is 35.5. The number of rotatable bonds is 6. The second kappa shape index (κ2) is 14.7. The van der Waals surface area contributed by atoms with Crippen LogP contribution in [0.25, 0.3) is 133 Å². The molecule has 0 fully saturated rings. The quantitative estimate of drug-likeness (QED) is 0.156. The van der Waals surface area contributed by atoms with Crippen molar-refractivity contribution >= 4 is 76.3 Å². The maximum absolute atomic E-state index is 9.17. The van der Waals surface area contributed by atoms with Gasteiger partial charge in [0.25, 0.3) is 0 Å². The minimum absolute atomic E-state index is 0.117. The first kappa shape index (κ1) is 32.5. The summed E-state index contributed by atoms with van der Waals surface area (Å²) in [5, 5.41) is 7.00. The van der Waals surface area contributed by atoms with Crippen molar-refractivity contribution in [2.75, 3.05) is 0 Å². The van der Waals surface area contributed by atoms with Crippen LogP contribution in [0.15, 0.2) is 223 Å². The van der Waals surface area contributed by atoms with E-state index in [4.69, 9.17) is 31.2 Å². The molecule has 0 saturated carbocycles. The number of oxazole rings is 1. The Kier molecular flexibility index (Phi) is 7.11. The van der Waals surface area contributed by atoms with Gasteiger partial charge >= 0.3 is 0 Å². The molecule has 14 aromatic rings. The maximum atomic E-state index is 9.17. The molecule has 312 valence electrons. The van der Waals surface area contributed by atoms with Gasteiger partial charge in [0.15, 0.2) is 17.2 Å². The van der Waals surface area contributed by atoms with Gasteiger partial charge in [0.2, 0.25) is 11.8 Å². The number of nitrogens with zero attached hydrogens (tertiary/aromatic N) is 6. The minimum atomic E-state index is -0.451. The molecule has 10 aromatic carbocycles. The Hall–Kier alpha value is -9.20. The topological polar surface area (TPSA) is 74.6 Å². The molecule has 7 nitrogen and oxygen atoms in total. The van der Waals surface area contributed by atoms with Crippen LogP contribution in [0, 0.1) is 0 Å². The zero-order valence-electron chi connectivity index (χ0n) is 40.5. The van der Waals surface area contributed by atoms with Crippen LogP contribution in [-0.2, 0) is 0 Å². The largest absolute Gasteiger partial charge is 0.435 e. The van der Waals surface area contributed by atoms with Gasteiger partial charge in [-0.3, -0.25) is 4.57 Å². The summed E-state index contributed by atoms with van der Waals surface area (Å²) in [4.78, 5) is 21.4. The van der Waals surface area contributed by atoms with Crippen LogP contribution in [0.1, 0.15) is 6.85 Å². The molecule has 0 saturated heterocycles. The molecule has 0 aliphatic rings. The van der Waals surface area contributed by atoms with Gasteiger partial charge < -0.3 is 8.98 Å². The Morgan fingerprint density at radius 2 is 0.925 bits per heavy atom. The summed E-state index contributed by atoms with van der Waals surface area (Å²) >= 11 is 0. The van der Waals surface area contributed by atoms with Gasteiger partial charge in [0.05, 0.1) is 34.5 Å². The van der Waals surface area contributed by atoms with Crippen molar-refractivity contribution in [2.45, 2.75) is 0 Å². The lowest BCUT2D eigenvalue weighted by Gasteiger charge is -2.18. The molecule has 0 bridgehead atoms. The highest BCUT2D eigenvalue weighted by atomic mass is 16.3. The fourth-order valence-electron chi connectivity index (χ4n) is 10.1. The van der Waals surface area contributed by atoms with E-state index < -0.39 is 18.1 Å². The summed E-state index contributed by atoms with van der Waals surface area (Å²) in [5.74, 6) is 1.53. The van der Waals surface area contributed by atoms with E-state index in [1.807, 2.05) is 109 Å². The molecule has 0 radical (unpaired) electrons. The molecule has 0 unspecified atom stereocenters. The van der Waals surface area contributed by atoms with Crippen molar-refractivity contribution in [3.05, 3.63) is 218 Å². The van der Waals surface area contributed by atoms with Gasteiger partial charge in [-0.15, -0.1) is 0 Å². The summed E-state index contributed by atoms with van der Waals surface area (Å²) in [6.07, 6.45) is 0. The first-order chi connectivity index (χ1) is 35.3. The molecule has 14 rings (SSSR count). The second-order valence-corrected chi connectivity index (χ2v) is 16.6. The lowest BCUT2D eigenvalue weighted by molar-refractivity contribution is 0.620. The van der Waals surface area contributed by atoms with Crippen molar-refractivity contribution in [1.82, 2.24) is 29.1 Å². The van der Waals surface area contributed by atoms with Crippen molar-refractivity contribution in [3.8, 4) is 57.0 Å². The maximum Gasteiger partial charge on any atom is 0.238 e.